The lowest BCUT2D eigenvalue weighted by Crippen LogP contribution is -2.42. The van der Waals surface area contributed by atoms with Gasteiger partial charge >= 0.3 is 5.97 Å². The first-order valence-electron chi connectivity index (χ1n) is 7.16. The van der Waals surface area contributed by atoms with E-state index in [0.29, 0.717) is 5.56 Å². The minimum atomic E-state index is -1.06. The Bertz CT molecular complexity index is 615. The largest absolute Gasteiger partial charge is 0.480 e. The molecule has 9 heteroatoms. The van der Waals surface area contributed by atoms with Crippen molar-refractivity contribution < 1.29 is 19.5 Å². The minimum absolute atomic E-state index is 0.0257. The van der Waals surface area contributed by atoms with Crippen LogP contribution in [-0.4, -0.2) is 60.3 Å². The summed E-state index contributed by atoms with van der Waals surface area (Å²) in [5.41, 5.74) is 6.80. The van der Waals surface area contributed by atoms with Crippen molar-refractivity contribution in [1.82, 2.24) is 15.5 Å². The predicted octanol–water partition coefficient (Wildman–Crippen LogP) is -1.28. The molecule has 6 N–H and O–H groups in total. The van der Waals surface area contributed by atoms with E-state index in [0.717, 1.165) is 5.56 Å². The number of nitrogens with zero attached hydrogens (tertiary/aromatic N) is 1. The number of carbonyl (C=O) groups excluding carboxylic acids is 2. The van der Waals surface area contributed by atoms with Crippen LogP contribution in [0.1, 0.15) is 11.1 Å². The third-order valence-electron chi connectivity index (χ3n) is 3.11. The van der Waals surface area contributed by atoms with Crippen LogP contribution in [-0.2, 0) is 20.9 Å². The first-order chi connectivity index (χ1) is 11.3. The van der Waals surface area contributed by atoms with Crippen LogP contribution in [0.25, 0.3) is 0 Å². The number of likely N-dealkylation sites (N-methyl/N-ethyl adjacent to an activating group) is 1. The average Bonchev–Trinajstić information content (AvgIpc) is 2.52. The molecule has 1 aromatic carbocycles. The van der Waals surface area contributed by atoms with Crippen molar-refractivity contribution in [2.24, 2.45) is 5.73 Å². The van der Waals surface area contributed by atoms with Crippen LogP contribution in [0.2, 0.25) is 0 Å². The van der Waals surface area contributed by atoms with Crippen LogP contribution in [0.4, 0.5) is 0 Å². The number of rotatable bonds is 9. The van der Waals surface area contributed by atoms with Crippen molar-refractivity contribution in [3.05, 3.63) is 35.4 Å². The molecule has 2 amide bonds. The minimum Gasteiger partial charge on any atom is -0.480 e. The van der Waals surface area contributed by atoms with Crippen LogP contribution in [0.5, 0.6) is 0 Å². The maximum atomic E-state index is 11.8. The third kappa shape index (κ3) is 6.88. The molecule has 0 fully saturated rings. The number of carbonyl (C=O) groups is 3. The predicted molar refractivity (Wildman–Crippen MR) is 87.4 cm³/mol. The average molecular weight is 335 g/mol. The van der Waals surface area contributed by atoms with Gasteiger partial charge in [0.05, 0.1) is 19.6 Å². The van der Waals surface area contributed by atoms with Crippen LogP contribution in [0.15, 0.2) is 24.3 Å². The molecule has 0 saturated carbocycles. The smallest absolute Gasteiger partial charge is 0.317 e. The molecule has 0 unspecified atom stereocenters. The summed E-state index contributed by atoms with van der Waals surface area (Å²) in [5, 5.41) is 20.9. The number of nitrogens with one attached hydrogen (secondary N) is 3. The van der Waals surface area contributed by atoms with Gasteiger partial charge in [-0.1, -0.05) is 24.3 Å². The fourth-order valence-corrected chi connectivity index (χ4v) is 1.77. The molecule has 1 aromatic rings. The van der Waals surface area contributed by atoms with Crippen LogP contribution >= 0.6 is 0 Å². The number of carboxylic acids is 1. The van der Waals surface area contributed by atoms with Crippen LogP contribution in [0, 0.1) is 5.41 Å². The van der Waals surface area contributed by atoms with Gasteiger partial charge in [-0.25, -0.2) is 0 Å². The van der Waals surface area contributed by atoms with Gasteiger partial charge in [0, 0.05) is 19.2 Å². The lowest BCUT2D eigenvalue weighted by Gasteiger charge is -2.17. The van der Waals surface area contributed by atoms with E-state index in [4.69, 9.17) is 16.2 Å². The first-order valence-corrected chi connectivity index (χ1v) is 7.16. The molecule has 9 nitrogen and oxygen atoms in total. The van der Waals surface area contributed by atoms with Crippen molar-refractivity contribution in [3.63, 3.8) is 0 Å². The van der Waals surface area contributed by atoms with E-state index in [1.165, 1.54) is 11.9 Å². The van der Waals surface area contributed by atoms with Gasteiger partial charge in [-0.3, -0.25) is 25.1 Å². The number of hydrogen-bond acceptors (Lipinski definition) is 5. The number of nitrogens with two attached hydrogens (primary N) is 1. The molecule has 0 spiro atoms. The molecule has 0 aromatic heterocycles. The van der Waals surface area contributed by atoms with Crippen molar-refractivity contribution in [1.29, 1.82) is 5.41 Å². The van der Waals surface area contributed by atoms with Gasteiger partial charge in [-0.15, -0.1) is 0 Å². The molecular formula is C15H21N5O4. The molecule has 1 rings (SSSR count). The Morgan fingerprint density at radius 1 is 1.21 bits per heavy atom. The highest BCUT2D eigenvalue weighted by Crippen LogP contribution is 2.03. The topological polar surface area (TPSA) is 149 Å². The zero-order valence-electron chi connectivity index (χ0n) is 13.3. The quantitative estimate of drug-likeness (QED) is 0.280. The summed E-state index contributed by atoms with van der Waals surface area (Å²) >= 11 is 0. The Hall–Kier alpha value is -2.94. The summed E-state index contributed by atoms with van der Waals surface area (Å²) in [4.78, 5) is 35.1. The number of amidine groups is 1. The molecule has 0 aliphatic rings. The van der Waals surface area contributed by atoms with E-state index in [9.17, 15) is 14.4 Å². The van der Waals surface area contributed by atoms with Crippen molar-refractivity contribution in [2.75, 3.05) is 26.7 Å². The summed E-state index contributed by atoms with van der Waals surface area (Å²) < 4.78 is 0. The molecular weight excluding hydrogens is 314 g/mol. The Balaban J connectivity index is 2.35. The monoisotopic (exact) mass is 335 g/mol. The summed E-state index contributed by atoms with van der Waals surface area (Å²) in [6.45, 7) is -0.306. The second-order valence-electron chi connectivity index (χ2n) is 5.13. The fraction of sp³-hybridized carbons (Fsp3) is 0.333. The zero-order chi connectivity index (χ0) is 18.1. The van der Waals surface area contributed by atoms with Gasteiger partial charge < -0.3 is 21.1 Å². The van der Waals surface area contributed by atoms with E-state index in [-0.39, 0.29) is 43.8 Å². The van der Waals surface area contributed by atoms with E-state index in [1.807, 2.05) is 0 Å². The normalized spacial score (nSPS) is 10.0. The Kier molecular flexibility index (Phi) is 7.37. The van der Waals surface area contributed by atoms with Gasteiger partial charge in [-0.05, 0) is 5.56 Å². The summed E-state index contributed by atoms with van der Waals surface area (Å²) in [5.74, 6) is -1.79. The van der Waals surface area contributed by atoms with E-state index >= 15 is 0 Å². The van der Waals surface area contributed by atoms with E-state index in [1.54, 1.807) is 24.3 Å². The molecule has 0 heterocycles. The number of carboxylic acid groups (broad SMARTS) is 1. The maximum absolute atomic E-state index is 11.8. The van der Waals surface area contributed by atoms with Crippen LogP contribution < -0.4 is 16.4 Å². The lowest BCUT2D eigenvalue weighted by atomic mass is 10.1. The summed E-state index contributed by atoms with van der Waals surface area (Å²) in [6.07, 6.45) is 0. The van der Waals surface area contributed by atoms with Crippen LogP contribution in [0.3, 0.4) is 0 Å². The highest BCUT2D eigenvalue weighted by molar-refractivity contribution is 5.94. The molecule has 130 valence electrons. The second kappa shape index (κ2) is 9.26. The third-order valence-corrected chi connectivity index (χ3v) is 3.11. The number of hydrogen-bond donors (Lipinski definition) is 5. The van der Waals surface area contributed by atoms with E-state index in [2.05, 4.69) is 10.6 Å². The van der Waals surface area contributed by atoms with Gasteiger partial charge in [0.25, 0.3) is 0 Å². The van der Waals surface area contributed by atoms with Crippen molar-refractivity contribution >= 4 is 23.6 Å². The molecule has 0 atom stereocenters. The Morgan fingerprint density at radius 2 is 1.83 bits per heavy atom. The summed E-state index contributed by atoms with van der Waals surface area (Å²) in [6, 6.07) is 6.88. The van der Waals surface area contributed by atoms with Crippen molar-refractivity contribution in [2.45, 2.75) is 6.54 Å². The van der Waals surface area contributed by atoms with E-state index < -0.39 is 5.97 Å². The Labute approximate surface area is 139 Å². The Morgan fingerprint density at radius 3 is 2.38 bits per heavy atom. The standard InChI is InChI=1S/C15H21N5O4/c1-20(13(22)7-18-8-14(23)24)9-12(21)19-6-10-2-4-11(5-3-10)15(16)17/h2-5,18H,6-9H2,1H3,(H3,16,17)(H,19,21)(H,23,24). The van der Waals surface area contributed by atoms with Gasteiger partial charge in [0.2, 0.25) is 11.8 Å². The molecule has 24 heavy (non-hydrogen) atoms. The maximum Gasteiger partial charge on any atom is 0.317 e. The second-order valence-corrected chi connectivity index (χ2v) is 5.13. The number of nitrogen functional groups attached to an aromatic ring is 1. The number of aliphatic carboxylic acids is 1. The first kappa shape index (κ1) is 19.1. The molecule has 0 radical (unpaired) electrons. The van der Waals surface area contributed by atoms with Crippen molar-refractivity contribution in [3.8, 4) is 0 Å². The summed E-state index contributed by atoms with van der Waals surface area (Å²) in [7, 11) is 1.46. The molecule has 0 aliphatic carbocycles. The highest BCUT2D eigenvalue weighted by atomic mass is 16.4. The fourth-order valence-electron chi connectivity index (χ4n) is 1.77. The molecule has 0 bridgehead atoms. The van der Waals surface area contributed by atoms with Gasteiger partial charge in [-0.2, -0.15) is 0 Å². The SMILES string of the molecule is CN(CC(=O)NCc1ccc(C(=N)N)cc1)C(=O)CNCC(=O)O. The highest BCUT2D eigenvalue weighted by Gasteiger charge is 2.12. The van der Waals surface area contributed by atoms with Gasteiger partial charge in [0.15, 0.2) is 0 Å². The number of amides is 2. The lowest BCUT2D eigenvalue weighted by molar-refractivity contribution is -0.137. The molecule has 0 aliphatic heterocycles. The van der Waals surface area contributed by atoms with Gasteiger partial charge in [0.1, 0.15) is 5.84 Å². The molecule has 0 saturated heterocycles. The number of benzene rings is 1. The zero-order valence-corrected chi connectivity index (χ0v) is 13.3.